The van der Waals surface area contributed by atoms with Crippen molar-refractivity contribution < 1.29 is 23.9 Å². The van der Waals surface area contributed by atoms with Gasteiger partial charge in [-0.25, -0.2) is 0 Å². The van der Waals surface area contributed by atoms with Gasteiger partial charge in [-0.3, -0.25) is 14.4 Å². The quantitative estimate of drug-likeness (QED) is 0.642. The Morgan fingerprint density at radius 3 is 2.15 bits per heavy atom. The predicted molar refractivity (Wildman–Crippen MR) is 75.1 cm³/mol. The van der Waals surface area contributed by atoms with Gasteiger partial charge in [-0.2, -0.15) is 0 Å². The standard InChI is InChI=1S/C15H26O5/c1-6-12(16)9-8-11(14(18)19-7-2)10-13(17)20-15(3,4)5/h11H,6-10H2,1-5H3/t11-/m1/s1. The summed E-state index contributed by atoms with van der Waals surface area (Å²) < 4.78 is 10.1. The molecule has 0 amide bonds. The second kappa shape index (κ2) is 8.72. The lowest BCUT2D eigenvalue weighted by molar-refractivity contribution is -0.161. The summed E-state index contributed by atoms with van der Waals surface area (Å²) in [4.78, 5) is 34.9. The average Bonchev–Trinajstić information content (AvgIpc) is 2.31. The molecule has 0 spiro atoms. The molecule has 0 radical (unpaired) electrons. The Morgan fingerprint density at radius 2 is 1.70 bits per heavy atom. The fourth-order valence-corrected chi connectivity index (χ4v) is 1.66. The molecule has 0 aliphatic heterocycles. The van der Waals surface area contributed by atoms with Crippen LogP contribution in [0.3, 0.4) is 0 Å². The van der Waals surface area contributed by atoms with Crippen molar-refractivity contribution in [2.45, 2.75) is 65.9 Å². The van der Waals surface area contributed by atoms with E-state index in [1.165, 1.54) is 0 Å². The highest BCUT2D eigenvalue weighted by atomic mass is 16.6. The van der Waals surface area contributed by atoms with Crippen LogP contribution < -0.4 is 0 Å². The van der Waals surface area contributed by atoms with E-state index < -0.39 is 23.5 Å². The third-order valence-corrected chi connectivity index (χ3v) is 2.62. The largest absolute Gasteiger partial charge is 0.466 e. The maximum absolute atomic E-state index is 11.8. The molecule has 0 N–H and O–H groups in total. The number of hydrogen-bond acceptors (Lipinski definition) is 5. The van der Waals surface area contributed by atoms with E-state index in [4.69, 9.17) is 9.47 Å². The first kappa shape index (κ1) is 18.6. The summed E-state index contributed by atoms with van der Waals surface area (Å²) in [5.41, 5.74) is -0.588. The molecule has 0 aromatic carbocycles. The van der Waals surface area contributed by atoms with E-state index in [0.717, 1.165) is 0 Å². The number of Topliss-reactive ketones (excluding diaryl/α,β-unsaturated/α-hetero) is 1. The van der Waals surface area contributed by atoms with Gasteiger partial charge in [0.05, 0.1) is 18.9 Å². The van der Waals surface area contributed by atoms with Gasteiger partial charge in [0.1, 0.15) is 11.4 Å². The van der Waals surface area contributed by atoms with Crippen molar-refractivity contribution in [3.8, 4) is 0 Å². The van der Waals surface area contributed by atoms with Crippen LogP contribution in [0.4, 0.5) is 0 Å². The molecule has 0 fully saturated rings. The summed E-state index contributed by atoms with van der Waals surface area (Å²) in [6, 6.07) is 0. The zero-order valence-corrected chi connectivity index (χ0v) is 13.2. The van der Waals surface area contributed by atoms with Crippen molar-refractivity contribution in [3.63, 3.8) is 0 Å². The van der Waals surface area contributed by atoms with Gasteiger partial charge in [0.25, 0.3) is 0 Å². The van der Waals surface area contributed by atoms with Crippen molar-refractivity contribution in [2.75, 3.05) is 6.61 Å². The topological polar surface area (TPSA) is 69.7 Å². The predicted octanol–water partition coefficient (Wildman–Crippen LogP) is 2.66. The van der Waals surface area contributed by atoms with E-state index in [1.54, 1.807) is 34.6 Å². The zero-order valence-electron chi connectivity index (χ0n) is 13.2. The van der Waals surface area contributed by atoms with Crippen molar-refractivity contribution in [2.24, 2.45) is 5.92 Å². The van der Waals surface area contributed by atoms with E-state index in [2.05, 4.69) is 0 Å². The molecule has 0 aromatic heterocycles. The summed E-state index contributed by atoms with van der Waals surface area (Å²) in [6.07, 6.45) is 0.989. The Kier molecular flexibility index (Phi) is 8.11. The van der Waals surface area contributed by atoms with Crippen LogP contribution in [0.1, 0.15) is 60.3 Å². The Bertz CT molecular complexity index is 341. The molecular formula is C15H26O5. The SMILES string of the molecule is CCOC(=O)[C@H](CCC(=O)CC)CC(=O)OC(C)(C)C. The van der Waals surface area contributed by atoms with Gasteiger partial charge in [-0.15, -0.1) is 0 Å². The van der Waals surface area contributed by atoms with Crippen LogP contribution in [-0.2, 0) is 23.9 Å². The molecule has 0 saturated carbocycles. The third-order valence-electron chi connectivity index (χ3n) is 2.62. The number of esters is 2. The van der Waals surface area contributed by atoms with Gasteiger partial charge in [-0.1, -0.05) is 6.92 Å². The molecule has 1 atom stereocenters. The van der Waals surface area contributed by atoms with E-state index in [-0.39, 0.29) is 25.2 Å². The average molecular weight is 286 g/mol. The van der Waals surface area contributed by atoms with E-state index in [9.17, 15) is 14.4 Å². The van der Waals surface area contributed by atoms with Gasteiger partial charge in [0.2, 0.25) is 0 Å². The Morgan fingerprint density at radius 1 is 1.10 bits per heavy atom. The van der Waals surface area contributed by atoms with Gasteiger partial charge >= 0.3 is 11.9 Å². The van der Waals surface area contributed by atoms with Crippen molar-refractivity contribution in [1.29, 1.82) is 0 Å². The number of carbonyl (C=O) groups is 3. The molecule has 116 valence electrons. The van der Waals surface area contributed by atoms with Gasteiger partial charge in [-0.05, 0) is 34.1 Å². The maximum atomic E-state index is 11.8. The molecule has 0 aliphatic carbocycles. The molecule has 0 aromatic rings. The summed E-state index contributed by atoms with van der Waals surface area (Å²) in [7, 11) is 0. The van der Waals surface area contributed by atoms with E-state index in [1.807, 2.05) is 0 Å². The monoisotopic (exact) mass is 286 g/mol. The highest BCUT2D eigenvalue weighted by Gasteiger charge is 2.26. The Labute approximate surface area is 121 Å². The van der Waals surface area contributed by atoms with Crippen molar-refractivity contribution in [1.82, 2.24) is 0 Å². The van der Waals surface area contributed by atoms with Gasteiger partial charge < -0.3 is 9.47 Å². The van der Waals surface area contributed by atoms with Crippen LogP contribution in [0.5, 0.6) is 0 Å². The number of ketones is 1. The second-order valence-electron chi connectivity index (χ2n) is 5.67. The lowest BCUT2D eigenvalue weighted by atomic mass is 9.97. The number of rotatable bonds is 8. The third kappa shape index (κ3) is 8.67. The van der Waals surface area contributed by atoms with Crippen molar-refractivity contribution >= 4 is 17.7 Å². The van der Waals surface area contributed by atoms with Gasteiger partial charge in [0.15, 0.2) is 0 Å². The molecule has 0 saturated heterocycles. The Balaban J connectivity index is 4.56. The molecule has 5 nitrogen and oxygen atoms in total. The molecule has 0 heterocycles. The van der Waals surface area contributed by atoms with Crippen molar-refractivity contribution in [3.05, 3.63) is 0 Å². The first-order valence-electron chi connectivity index (χ1n) is 7.09. The first-order valence-corrected chi connectivity index (χ1v) is 7.09. The Hall–Kier alpha value is -1.39. The molecule has 20 heavy (non-hydrogen) atoms. The molecule has 0 aliphatic rings. The van der Waals surface area contributed by atoms with Crippen LogP contribution in [-0.4, -0.2) is 29.9 Å². The summed E-state index contributed by atoms with van der Waals surface area (Å²) in [6.45, 7) is 9.04. The van der Waals surface area contributed by atoms with Crippen LogP contribution in [0, 0.1) is 5.92 Å². The fourth-order valence-electron chi connectivity index (χ4n) is 1.66. The van der Waals surface area contributed by atoms with E-state index >= 15 is 0 Å². The summed E-state index contributed by atoms with van der Waals surface area (Å²) in [5, 5.41) is 0. The lowest BCUT2D eigenvalue weighted by Gasteiger charge is -2.21. The first-order chi connectivity index (χ1) is 9.19. The molecule has 0 rings (SSSR count). The molecule has 0 unspecified atom stereocenters. The second-order valence-corrected chi connectivity index (χ2v) is 5.67. The summed E-state index contributed by atoms with van der Waals surface area (Å²) >= 11 is 0. The highest BCUT2D eigenvalue weighted by molar-refractivity contribution is 5.82. The molecule has 5 heteroatoms. The minimum absolute atomic E-state index is 0.0485. The molecule has 0 bridgehead atoms. The summed E-state index contributed by atoms with van der Waals surface area (Å²) in [5.74, 6) is -1.43. The fraction of sp³-hybridized carbons (Fsp3) is 0.800. The lowest BCUT2D eigenvalue weighted by Crippen LogP contribution is -2.28. The normalized spacial score (nSPS) is 12.7. The van der Waals surface area contributed by atoms with Crippen LogP contribution in [0.2, 0.25) is 0 Å². The van der Waals surface area contributed by atoms with Crippen LogP contribution in [0.15, 0.2) is 0 Å². The minimum atomic E-state index is -0.611. The number of carbonyl (C=O) groups excluding carboxylic acids is 3. The highest BCUT2D eigenvalue weighted by Crippen LogP contribution is 2.18. The van der Waals surface area contributed by atoms with Gasteiger partial charge in [0, 0.05) is 12.8 Å². The molecular weight excluding hydrogens is 260 g/mol. The van der Waals surface area contributed by atoms with Crippen LogP contribution >= 0.6 is 0 Å². The zero-order chi connectivity index (χ0) is 15.8. The van der Waals surface area contributed by atoms with Crippen LogP contribution in [0.25, 0.3) is 0 Å². The maximum Gasteiger partial charge on any atom is 0.309 e. The smallest absolute Gasteiger partial charge is 0.309 e. The van der Waals surface area contributed by atoms with E-state index in [0.29, 0.717) is 12.8 Å². The number of hydrogen-bond donors (Lipinski definition) is 0. The number of ether oxygens (including phenoxy) is 2. The minimum Gasteiger partial charge on any atom is -0.466 e.